The number of hydrogen-bond donors (Lipinski definition) is 0. The van der Waals surface area contributed by atoms with Gasteiger partial charge in [0.2, 0.25) is 5.82 Å². The number of rotatable bonds is 5. The predicted molar refractivity (Wildman–Crippen MR) is 83.7 cm³/mol. The van der Waals surface area contributed by atoms with E-state index in [1.807, 2.05) is 0 Å². The van der Waals surface area contributed by atoms with Crippen LogP contribution in [-0.2, 0) is 6.54 Å². The molecule has 3 aromatic heterocycles. The Morgan fingerprint density at radius 3 is 2.80 bits per heavy atom. The molecular formula is C14H12F2N6O3. The third-order valence-electron chi connectivity index (χ3n) is 3.57. The molecule has 0 aliphatic rings. The summed E-state index contributed by atoms with van der Waals surface area (Å²) >= 11 is 0. The van der Waals surface area contributed by atoms with Crippen molar-refractivity contribution in [1.82, 2.24) is 18.9 Å². The van der Waals surface area contributed by atoms with Gasteiger partial charge in [-0.05, 0) is 12.1 Å². The number of fused-ring (bicyclic) bond motifs is 1. The minimum atomic E-state index is -2.80. The molecule has 0 radical (unpaired) electrons. The van der Waals surface area contributed by atoms with Crippen LogP contribution in [0.5, 0.6) is 0 Å². The van der Waals surface area contributed by atoms with Gasteiger partial charge in [0.05, 0.1) is 11.5 Å². The van der Waals surface area contributed by atoms with Gasteiger partial charge in [0.15, 0.2) is 0 Å². The predicted octanol–water partition coefficient (Wildman–Crippen LogP) is 1.83. The molecule has 0 N–H and O–H groups in total. The summed E-state index contributed by atoms with van der Waals surface area (Å²) in [6.07, 6.45) is 3.67. The van der Waals surface area contributed by atoms with E-state index < -0.39 is 22.7 Å². The molecule has 0 unspecified atom stereocenters. The summed E-state index contributed by atoms with van der Waals surface area (Å²) in [7, 11) is 1.42. The Kier molecular flexibility index (Phi) is 4.13. The Balaban J connectivity index is 2.10. The number of halogens is 2. The highest BCUT2D eigenvalue weighted by Crippen LogP contribution is 2.23. The Hall–Kier alpha value is -3.37. The number of imidazole rings is 1. The van der Waals surface area contributed by atoms with Crippen LogP contribution in [0, 0.1) is 10.1 Å². The summed E-state index contributed by atoms with van der Waals surface area (Å²) in [5.41, 5.74) is -1.38. The molecule has 130 valence electrons. The lowest BCUT2D eigenvalue weighted by molar-refractivity contribution is -0.385. The van der Waals surface area contributed by atoms with Gasteiger partial charge in [-0.2, -0.15) is 8.78 Å². The van der Waals surface area contributed by atoms with Gasteiger partial charge in [-0.3, -0.25) is 23.9 Å². The number of hydrogen-bond acceptors (Lipinski definition) is 6. The van der Waals surface area contributed by atoms with E-state index in [9.17, 15) is 23.7 Å². The standard InChI is InChI=1S/C14H12F2N6O3/c1-19(8-10-17-5-7-21(10)14(15)16)12-11(22(24)25)13(23)20-6-3-2-4-9(20)18-12/h2-7,14H,8H2,1H3. The van der Waals surface area contributed by atoms with E-state index in [4.69, 9.17) is 0 Å². The highest BCUT2D eigenvalue weighted by molar-refractivity contribution is 5.61. The van der Waals surface area contributed by atoms with Crippen molar-refractivity contribution in [2.75, 3.05) is 11.9 Å². The average Bonchev–Trinajstić information content (AvgIpc) is 3.02. The van der Waals surface area contributed by atoms with Crippen LogP contribution >= 0.6 is 0 Å². The molecule has 3 aromatic rings. The second-order valence-electron chi connectivity index (χ2n) is 5.16. The summed E-state index contributed by atoms with van der Waals surface area (Å²) in [5, 5.41) is 11.4. The van der Waals surface area contributed by atoms with E-state index in [-0.39, 0.29) is 23.8 Å². The van der Waals surface area contributed by atoms with Gasteiger partial charge in [0, 0.05) is 25.6 Å². The fourth-order valence-electron chi connectivity index (χ4n) is 2.43. The zero-order valence-electron chi connectivity index (χ0n) is 12.9. The van der Waals surface area contributed by atoms with Gasteiger partial charge in [0.25, 0.3) is 0 Å². The first-order valence-corrected chi connectivity index (χ1v) is 7.07. The SMILES string of the molecule is CN(Cc1nccn1C(F)F)c1nc2ccccn2c(=O)c1[N+](=O)[O-]. The lowest BCUT2D eigenvalue weighted by atomic mass is 10.3. The van der Waals surface area contributed by atoms with Crippen molar-refractivity contribution in [3.8, 4) is 0 Å². The Morgan fingerprint density at radius 1 is 1.36 bits per heavy atom. The van der Waals surface area contributed by atoms with Crippen molar-refractivity contribution in [3.63, 3.8) is 0 Å². The molecule has 9 nitrogen and oxygen atoms in total. The third kappa shape index (κ3) is 2.91. The number of nitrogens with zero attached hydrogens (tertiary/aromatic N) is 6. The van der Waals surface area contributed by atoms with Crippen LogP contribution in [0.25, 0.3) is 5.65 Å². The highest BCUT2D eigenvalue weighted by atomic mass is 19.3. The quantitative estimate of drug-likeness (QED) is 0.514. The molecule has 0 aliphatic carbocycles. The van der Waals surface area contributed by atoms with Gasteiger partial charge in [-0.15, -0.1) is 0 Å². The van der Waals surface area contributed by atoms with Crippen LogP contribution in [0.4, 0.5) is 20.3 Å². The minimum absolute atomic E-state index is 0.0122. The number of aromatic nitrogens is 4. The first kappa shape index (κ1) is 16.5. The van der Waals surface area contributed by atoms with Crippen molar-refractivity contribution in [2.45, 2.75) is 13.1 Å². The van der Waals surface area contributed by atoms with Crippen LogP contribution in [0.1, 0.15) is 12.4 Å². The number of alkyl halides is 2. The van der Waals surface area contributed by atoms with Crippen molar-refractivity contribution in [2.24, 2.45) is 0 Å². The Bertz CT molecular complexity index is 1000. The lowest BCUT2D eigenvalue weighted by Gasteiger charge is -2.18. The van der Waals surface area contributed by atoms with Crippen molar-refractivity contribution in [3.05, 3.63) is 63.1 Å². The van der Waals surface area contributed by atoms with E-state index in [0.29, 0.717) is 4.57 Å². The van der Waals surface area contributed by atoms with Gasteiger partial charge in [-0.1, -0.05) is 6.07 Å². The lowest BCUT2D eigenvalue weighted by Crippen LogP contribution is -2.27. The van der Waals surface area contributed by atoms with Crippen molar-refractivity contribution >= 4 is 17.2 Å². The first-order chi connectivity index (χ1) is 11.9. The van der Waals surface area contributed by atoms with Crippen molar-refractivity contribution in [1.29, 1.82) is 0 Å². The van der Waals surface area contributed by atoms with E-state index in [0.717, 1.165) is 10.6 Å². The van der Waals surface area contributed by atoms with Crippen molar-refractivity contribution < 1.29 is 13.7 Å². The molecule has 0 saturated heterocycles. The highest BCUT2D eigenvalue weighted by Gasteiger charge is 2.27. The zero-order valence-corrected chi connectivity index (χ0v) is 12.9. The molecule has 0 saturated carbocycles. The fourth-order valence-corrected chi connectivity index (χ4v) is 2.43. The molecule has 0 bridgehead atoms. The fraction of sp³-hybridized carbons (Fsp3) is 0.214. The van der Waals surface area contributed by atoms with Crippen LogP contribution in [0.15, 0.2) is 41.6 Å². The molecule has 0 fully saturated rings. The Labute approximate surface area is 138 Å². The average molecular weight is 350 g/mol. The molecule has 25 heavy (non-hydrogen) atoms. The maximum absolute atomic E-state index is 12.9. The van der Waals surface area contributed by atoms with E-state index in [1.165, 1.54) is 30.4 Å². The van der Waals surface area contributed by atoms with Gasteiger partial charge in [0.1, 0.15) is 11.5 Å². The molecule has 3 rings (SSSR count). The van der Waals surface area contributed by atoms with Crippen LogP contribution in [-0.4, -0.2) is 30.9 Å². The molecule has 0 aliphatic heterocycles. The van der Waals surface area contributed by atoms with Gasteiger partial charge >= 0.3 is 17.8 Å². The number of nitro groups is 1. The van der Waals surface area contributed by atoms with E-state index >= 15 is 0 Å². The smallest absolute Gasteiger partial charge is 0.346 e. The largest absolute Gasteiger partial charge is 0.376 e. The summed E-state index contributed by atoms with van der Waals surface area (Å²) in [6, 6.07) is 4.69. The number of pyridine rings is 1. The Morgan fingerprint density at radius 2 is 2.12 bits per heavy atom. The van der Waals surface area contributed by atoms with E-state index in [1.54, 1.807) is 12.1 Å². The minimum Gasteiger partial charge on any atom is -0.346 e. The maximum atomic E-state index is 12.9. The first-order valence-electron chi connectivity index (χ1n) is 7.07. The molecule has 0 aromatic carbocycles. The van der Waals surface area contributed by atoms with Crippen LogP contribution in [0.2, 0.25) is 0 Å². The zero-order chi connectivity index (χ0) is 18.1. The third-order valence-corrected chi connectivity index (χ3v) is 3.57. The normalized spacial score (nSPS) is 11.2. The summed E-state index contributed by atoms with van der Waals surface area (Å²) in [4.78, 5) is 32.1. The molecule has 0 amide bonds. The van der Waals surface area contributed by atoms with Crippen LogP contribution in [0.3, 0.4) is 0 Å². The maximum Gasteiger partial charge on any atom is 0.376 e. The molecule has 0 atom stereocenters. The van der Waals surface area contributed by atoms with E-state index in [2.05, 4.69) is 9.97 Å². The molecule has 11 heteroatoms. The molecular weight excluding hydrogens is 338 g/mol. The summed E-state index contributed by atoms with van der Waals surface area (Å²) < 4.78 is 27.5. The second kappa shape index (κ2) is 6.26. The van der Waals surface area contributed by atoms with Crippen LogP contribution < -0.4 is 10.5 Å². The topological polar surface area (TPSA) is 98.6 Å². The van der Waals surface area contributed by atoms with Gasteiger partial charge in [-0.25, -0.2) is 9.97 Å². The number of anilines is 1. The summed E-state index contributed by atoms with van der Waals surface area (Å²) in [6.45, 7) is -2.98. The van der Waals surface area contributed by atoms with Gasteiger partial charge < -0.3 is 4.90 Å². The summed E-state index contributed by atoms with van der Waals surface area (Å²) in [5.74, 6) is -0.230. The monoisotopic (exact) mass is 350 g/mol. The molecule has 3 heterocycles. The molecule has 0 spiro atoms. The second-order valence-corrected chi connectivity index (χ2v) is 5.16.